The van der Waals surface area contributed by atoms with Gasteiger partial charge in [0.2, 0.25) is 0 Å². The van der Waals surface area contributed by atoms with Crippen molar-refractivity contribution < 1.29 is 0 Å². The molecular weight excluding hydrogens is 550 g/mol. The Kier molecular flexibility index (Phi) is 5.47. The summed E-state index contributed by atoms with van der Waals surface area (Å²) in [4.78, 5) is 24.4. The van der Waals surface area contributed by atoms with Crippen LogP contribution < -0.4 is 0 Å². The molecule has 1 aliphatic carbocycles. The van der Waals surface area contributed by atoms with Crippen LogP contribution in [0.15, 0.2) is 128 Å². The van der Waals surface area contributed by atoms with E-state index in [0.717, 1.165) is 60.9 Å². The molecule has 1 aliphatic rings. The summed E-state index contributed by atoms with van der Waals surface area (Å²) in [5.74, 6) is 0. The van der Waals surface area contributed by atoms with Gasteiger partial charge in [-0.2, -0.15) is 0 Å². The topological polar surface area (TPSA) is 64.5 Å². The van der Waals surface area contributed by atoms with Crippen LogP contribution in [-0.2, 0) is 5.41 Å². The molecule has 0 fully saturated rings. The molecule has 4 heterocycles. The normalized spacial score (nSPS) is 13.3. The van der Waals surface area contributed by atoms with Gasteiger partial charge in [-0.25, -0.2) is 15.0 Å². The summed E-state index contributed by atoms with van der Waals surface area (Å²) in [7, 11) is 0. The van der Waals surface area contributed by atoms with Gasteiger partial charge in [-0.3, -0.25) is 9.97 Å². The third kappa shape index (κ3) is 3.97. The van der Waals surface area contributed by atoms with E-state index in [1.807, 2.05) is 24.3 Å². The molecule has 0 radical (unpaired) electrons. The average molecular weight is 578 g/mol. The van der Waals surface area contributed by atoms with E-state index in [-0.39, 0.29) is 5.41 Å². The standard InChI is InChI=1S/C40H27N5/c1-40(2)31-10-4-3-7-27(31)28-17-14-26(21-32(28)40)33-18-15-24-12-13-25-16-19-35(45-39(25)38(24)44-33)37-23-41-22-36(43-37)30-8-5-11-34-29(30)9-6-20-42-34/h3-23H,1-2H3. The number of rotatable bonds is 3. The SMILES string of the molecule is CC1(C)c2ccccc2-c2ccc(-c3ccc4ccc5ccc(-c6cncc(-c7cccc8ncccc78)n6)nc5c4n3)cc21. The van der Waals surface area contributed by atoms with Gasteiger partial charge in [0.15, 0.2) is 0 Å². The van der Waals surface area contributed by atoms with Gasteiger partial charge in [-0.1, -0.05) is 92.7 Å². The fraction of sp³-hybridized carbons (Fsp3) is 0.0750. The Labute approximate surface area is 260 Å². The Hall–Kier alpha value is -5.81. The van der Waals surface area contributed by atoms with Crippen LogP contribution in [0.25, 0.3) is 77.7 Å². The Morgan fingerprint density at radius 1 is 0.511 bits per heavy atom. The second-order valence-electron chi connectivity index (χ2n) is 12.2. The number of nitrogens with zero attached hydrogens (tertiary/aromatic N) is 5. The molecule has 45 heavy (non-hydrogen) atoms. The lowest BCUT2D eigenvalue weighted by Crippen LogP contribution is -2.14. The molecule has 0 saturated heterocycles. The van der Waals surface area contributed by atoms with Crippen LogP contribution in [0.2, 0.25) is 0 Å². The zero-order chi connectivity index (χ0) is 30.1. The molecule has 9 rings (SSSR count). The molecule has 212 valence electrons. The smallest absolute Gasteiger partial charge is 0.108 e. The first-order valence-corrected chi connectivity index (χ1v) is 15.2. The Bertz CT molecular complexity index is 2470. The molecular formula is C40H27N5. The van der Waals surface area contributed by atoms with Gasteiger partial charge in [0.25, 0.3) is 0 Å². The van der Waals surface area contributed by atoms with E-state index < -0.39 is 0 Å². The summed E-state index contributed by atoms with van der Waals surface area (Å²) in [5.41, 5.74) is 13.2. The predicted molar refractivity (Wildman–Crippen MR) is 182 cm³/mol. The van der Waals surface area contributed by atoms with Crippen molar-refractivity contribution in [2.75, 3.05) is 0 Å². The van der Waals surface area contributed by atoms with Crippen LogP contribution in [0.3, 0.4) is 0 Å². The monoisotopic (exact) mass is 577 g/mol. The molecule has 4 aromatic carbocycles. The lowest BCUT2D eigenvalue weighted by atomic mass is 9.82. The lowest BCUT2D eigenvalue weighted by Gasteiger charge is -2.21. The van der Waals surface area contributed by atoms with E-state index in [9.17, 15) is 0 Å². The first-order valence-electron chi connectivity index (χ1n) is 15.2. The fourth-order valence-corrected chi connectivity index (χ4v) is 6.88. The first kappa shape index (κ1) is 25.7. The highest BCUT2D eigenvalue weighted by atomic mass is 14.8. The summed E-state index contributed by atoms with van der Waals surface area (Å²) < 4.78 is 0. The zero-order valence-corrected chi connectivity index (χ0v) is 24.9. The van der Waals surface area contributed by atoms with Crippen LogP contribution in [-0.4, -0.2) is 24.9 Å². The minimum Gasteiger partial charge on any atom is -0.260 e. The predicted octanol–water partition coefficient (Wildman–Crippen LogP) is 9.43. The van der Waals surface area contributed by atoms with E-state index in [1.165, 1.54) is 22.3 Å². The molecule has 8 aromatic rings. The first-order chi connectivity index (χ1) is 22.0. The molecule has 0 atom stereocenters. The summed E-state index contributed by atoms with van der Waals surface area (Å²) in [5, 5.41) is 3.12. The van der Waals surface area contributed by atoms with E-state index in [0.29, 0.717) is 5.69 Å². The second kappa shape index (κ2) is 9.60. The summed E-state index contributed by atoms with van der Waals surface area (Å²) in [6, 6.07) is 38.2. The molecule has 0 aliphatic heterocycles. The van der Waals surface area contributed by atoms with Crippen molar-refractivity contribution in [3.05, 3.63) is 139 Å². The van der Waals surface area contributed by atoms with E-state index in [4.69, 9.17) is 15.0 Å². The number of fused-ring (bicyclic) bond motifs is 7. The van der Waals surface area contributed by atoms with Crippen molar-refractivity contribution in [2.45, 2.75) is 19.3 Å². The van der Waals surface area contributed by atoms with E-state index in [1.54, 1.807) is 18.6 Å². The van der Waals surface area contributed by atoms with Crippen LogP contribution in [0.5, 0.6) is 0 Å². The minimum absolute atomic E-state index is 0.0694. The zero-order valence-electron chi connectivity index (χ0n) is 24.9. The molecule has 0 saturated carbocycles. The van der Waals surface area contributed by atoms with Crippen LogP contribution >= 0.6 is 0 Å². The van der Waals surface area contributed by atoms with Crippen molar-refractivity contribution in [2.24, 2.45) is 0 Å². The Morgan fingerprint density at radius 3 is 2.09 bits per heavy atom. The minimum atomic E-state index is -0.0694. The molecule has 0 amide bonds. The highest BCUT2D eigenvalue weighted by Gasteiger charge is 2.35. The summed E-state index contributed by atoms with van der Waals surface area (Å²) in [6.45, 7) is 4.62. The second-order valence-corrected chi connectivity index (χ2v) is 12.2. The molecule has 0 spiro atoms. The number of pyridine rings is 3. The van der Waals surface area contributed by atoms with Crippen molar-refractivity contribution in [1.82, 2.24) is 24.9 Å². The van der Waals surface area contributed by atoms with Crippen molar-refractivity contribution in [3.63, 3.8) is 0 Å². The summed E-state index contributed by atoms with van der Waals surface area (Å²) >= 11 is 0. The van der Waals surface area contributed by atoms with Crippen molar-refractivity contribution in [3.8, 4) is 45.0 Å². The highest BCUT2D eigenvalue weighted by molar-refractivity contribution is 6.04. The average Bonchev–Trinajstić information content (AvgIpc) is 3.33. The maximum Gasteiger partial charge on any atom is 0.108 e. The lowest BCUT2D eigenvalue weighted by molar-refractivity contribution is 0.660. The number of benzene rings is 4. The quantitative estimate of drug-likeness (QED) is 0.196. The molecule has 0 unspecified atom stereocenters. The molecule has 4 aromatic heterocycles. The largest absolute Gasteiger partial charge is 0.260 e. The van der Waals surface area contributed by atoms with Gasteiger partial charge in [-0.15, -0.1) is 0 Å². The third-order valence-electron chi connectivity index (χ3n) is 9.22. The highest BCUT2D eigenvalue weighted by Crippen LogP contribution is 2.49. The van der Waals surface area contributed by atoms with Gasteiger partial charge >= 0.3 is 0 Å². The fourth-order valence-electron chi connectivity index (χ4n) is 6.88. The molecule has 5 heteroatoms. The molecule has 5 nitrogen and oxygen atoms in total. The number of hydrogen-bond donors (Lipinski definition) is 0. The third-order valence-corrected chi connectivity index (χ3v) is 9.22. The van der Waals surface area contributed by atoms with E-state index >= 15 is 0 Å². The molecule has 0 N–H and O–H groups in total. The Balaban J connectivity index is 1.16. The summed E-state index contributed by atoms with van der Waals surface area (Å²) in [6.07, 6.45) is 5.38. The number of hydrogen-bond acceptors (Lipinski definition) is 5. The van der Waals surface area contributed by atoms with Gasteiger partial charge < -0.3 is 0 Å². The molecule has 0 bridgehead atoms. The van der Waals surface area contributed by atoms with Crippen LogP contribution in [0.4, 0.5) is 0 Å². The van der Waals surface area contributed by atoms with Crippen LogP contribution in [0.1, 0.15) is 25.0 Å². The van der Waals surface area contributed by atoms with Crippen LogP contribution in [0, 0.1) is 0 Å². The Morgan fingerprint density at radius 2 is 1.22 bits per heavy atom. The van der Waals surface area contributed by atoms with Gasteiger partial charge in [0.1, 0.15) is 5.69 Å². The van der Waals surface area contributed by atoms with Gasteiger partial charge in [-0.05, 0) is 52.6 Å². The van der Waals surface area contributed by atoms with Crippen molar-refractivity contribution in [1.29, 1.82) is 0 Å². The number of aromatic nitrogens is 5. The van der Waals surface area contributed by atoms with E-state index in [2.05, 4.69) is 109 Å². The maximum atomic E-state index is 5.22. The van der Waals surface area contributed by atoms with Gasteiger partial charge in [0.05, 0.1) is 46.0 Å². The van der Waals surface area contributed by atoms with Crippen molar-refractivity contribution >= 4 is 32.7 Å². The maximum absolute atomic E-state index is 5.22. The van der Waals surface area contributed by atoms with Gasteiger partial charge in [0, 0.05) is 38.9 Å².